The molecule has 0 unspecified atom stereocenters. The van der Waals surface area contributed by atoms with Crippen LogP contribution in [-0.2, 0) is 14.3 Å². The first-order valence-corrected chi connectivity index (χ1v) is 9.92. The van der Waals surface area contributed by atoms with Crippen molar-refractivity contribution in [2.45, 2.75) is 43.9 Å². The Morgan fingerprint density at radius 2 is 1.90 bits per heavy atom. The fourth-order valence-corrected chi connectivity index (χ4v) is 3.91. The molecule has 0 spiro atoms. The Hall–Kier alpha value is -2.64. The van der Waals surface area contributed by atoms with Crippen LogP contribution in [0.3, 0.4) is 0 Å². The van der Waals surface area contributed by atoms with Crippen molar-refractivity contribution < 1.29 is 28.5 Å². The first-order valence-electron chi connectivity index (χ1n) is 9.92. The molecular weight excluding hydrogens is 389 g/mol. The molecule has 3 rings (SSSR count). The highest BCUT2D eigenvalue weighted by Gasteiger charge is 2.41. The fourth-order valence-electron chi connectivity index (χ4n) is 3.91. The minimum Gasteiger partial charge on any atom is -0.504 e. The molecule has 1 aliphatic heterocycles. The van der Waals surface area contributed by atoms with Gasteiger partial charge in [0, 0.05) is 37.5 Å². The van der Waals surface area contributed by atoms with Crippen LogP contribution < -0.4 is 10.1 Å². The number of carbonyl (C=O) groups excluding carboxylic acids is 1. The summed E-state index contributed by atoms with van der Waals surface area (Å²) in [6, 6.07) is 11.4. The Morgan fingerprint density at radius 3 is 2.57 bits per heavy atom. The predicted octanol–water partition coefficient (Wildman–Crippen LogP) is 4.04. The van der Waals surface area contributed by atoms with Crippen LogP contribution in [0.25, 0.3) is 0 Å². The van der Waals surface area contributed by atoms with Crippen molar-refractivity contribution in [2.24, 2.45) is 0 Å². The lowest BCUT2D eigenvalue weighted by Crippen LogP contribution is -2.51. The van der Waals surface area contributed by atoms with Gasteiger partial charge in [-0.05, 0) is 30.7 Å². The van der Waals surface area contributed by atoms with Crippen LogP contribution in [0.15, 0.2) is 42.5 Å². The number of phenols is 1. The van der Waals surface area contributed by atoms with E-state index in [2.05, 4.69) is 5.32 Å². The van der Waals surface area contributed by atoms with Crippen molar-refractivity contribution in [1.82, 2.24) is 5.32 Å². The number of nitrogens with one attached hydrogen (secondary N) is 1. The van der Waals surface area contributed by atoms with Gasteiger partial charge in [-0.25, -0.2) is 4.39 Å². The van der Waals surface area contributed by atoms with Crippen molar-refractivity contribution in [1.29, 1.82) is 0 Å². The maximum atomic E-state index is 13.4. The summed E-state index contributed by atoms with van der Waals surface area (Å²) in [5.41, 5.74) is 0.793. The molecule has 7 heteroatoms. The highest BCUT2D eigenvalue weighted by molar-refractivity contribution is 5.76. The summed E-state index contributed by atoms with van der Waals surface area (Å²) in [4.78, 5) is 12.4. The molecule has 0 radical (unpaired) electrons. The Bertz CT molecular complexity index is 872. The van der Waals surface area contributed by atoms with Gasteiger partial charge in [-0.2, -0.15) is 0 Å². The molecular formula is C23H28FNO5. The Morgan fingerprint density at radius 1 is 1.20 bits per heavy atom. The lowest BCUT2D eigenvalue weighted by Gasteiger charge is -2.43. The van der Waals surface area contributed by atoms with Gasteiger partial charge < -0.3 is 24.6 Å². The second-order valence-electron chi connectivity index (χ2n) is 7.82. The Labute approximate surface area is 176 Å². The van der Waals surface area contributed by atoms with Crippen molar-refractivity contribution >= 4 is 5.91 Å². The number of carbonyl (C=O) groups is 1. The molecule has 162 valence electrons. The zero-order valence-corrected chi connectivity index (χ0v) is 17.5. The van der Waals surface area contributed by atoms with Crippen LogP contribution in [0.4, 0.5) is 4.39 Å². The summed E-state index contributed by atoms with van der Waals surface area (Å²) < 4.78 is 30.0. The zero-order valence-electron chi connectivity index (χ0n) is 17.5. The first-order chi connectivity index (χ1) is 14.3. The monoisotopic (exact) mass is 417 g/mol. The average molecular weight is 417 g/mol. The third kappa shape index (κ3) is 5.09. The molecule has 0 aromatic heterocycles. The van der Waals surface area contributed by atoms with E-state index in [1.807, 2.05) is 6.92 Å². The van der Waals surface area contributed by atoms with Gasteiger partial charge in [0.1, 0.15) is 5.82 Å². The number of rotatable bonds is 7. The number of phenolic OH excluding ortho intramolecular Hbond substituents is 1. The molecule has 1 aliphatic rings. The minimum atomic E-state index is -0.595. The standard InChI is InChI=1S/C23H28FNO5/c1-23(25-21(26)11-12-28-2)13-19(15-7-9-16(24)10-8-15)30-20(14-23)17-5-4-6-18(29-3)22(17)27/h4-10,19-20,27H,11-14H2,1-3H3,(H,25,26)/t19-,20+,23-/m0/s1. The van der Waals surface area contributed by atoms with Crippen LogP contribution >= 0.6 is 0 Å². The maximum absolute atomic E-state index is 13.4. The van der Waals surface area contributed by atoms with Gasteiger partial charge in [-0.3, -0.25) is 4.79 Å². The van der Waals surface area contributed by atoms with Crippen molar-refractivity contribution in [3.8, 4) is 11.5 Å². The van der Waals surface area contributed by atoms with Gasteiger partial charge in [-0.1, -0.05) is 24.3 Å². The van der Waals surface area contributed by atoms with E-state index in [0.717, 1.165) is 5.56 Å². The number of amides is 1. The third-order valence-electron chi connectivity index (χ3n) is 5.41. The summed E-state index contributed by atoms with van der Waals surface area (Å²) in [5, 5.41) is 13.7. The molecule has 1 heterocycles. The topological polar surface area (TPSA) is 77.0 Å². The molecule has 2 aromatic carbocycles. The molecule has 1 amide bonds. The van der Waals surface area contributed by atoms with Gasteiger partial charge >= 0.3 is 0 Å². The van der Waals surface area contributed by atoms with Gasteiger partial charge in [-0.15, -0.1) is 0 Å². The third-order valence-corrected chi connectivity index (χ3v) is 5.41. The largest absolute Gasteiger partial charge is 0.504 e. The number of aromatic hydroxyl groups is 1. The number of hydrogen-bond donors (Lipinski definition) is 2. The van der Waals surface area contributed by atoms with Crippen molar-refractivity contribution in [2.75, 3.05) is 20.8 Å². The lowest BCUT2D eigenvalue weighted by molar-refractivity contribution is -0.129. The molecule has 0 bridgehead atoms. The van der Waals surface area contributed by atoms with Gasteiger partial charge in [0.15, 0.2) is 11.5 Å². The quantitative estimate of drug-likeness (QED) is 0.711. The van der Waals surface area contributed by atoms with Crippen LogP contribution in [0.2, 0.25) is 0 Å². The van der Waals surface area contributed by atoms with Crippen LogP contribution in [-0.4, -0.2) is 37.4 Å². The molecule has 1 saturated heterocycles. The fraction of sp³-hybridized carbons (Fsp3) is 0.435. The highest BCUT2D eigenvalue weighted by Crippen LogP contribution is 2.47. The van der Waals surface area contributed by atoms with Crippen molar-refractivity contribution in [3.05, 3.63) is 59.4 Å². The molecule has 2 N–H and O–H groups in total. The van der Waals surface area contributed by atoms with E-state index in [4.69, 9.17) is 14.2 Å². The normalized spacial score (nSPS) is 23.7. The van der Waals surface area contributed by atoms with Crippen LogP contribution in [0.5, 0.6) is 11.5 Å². The minimum absolute atomic E-state index is 0.0119. The van der Waals surface area contributed by atoms with Gasteiger partial charge in [0.05, 0.1) is 25.9 Å². The van der Waals surface area contributed by atoms with E-state index in [1.54, 1.807) is 37.4 Å². The molecule has 0 saturated carbocycles. The van der Waals surface area contributed by atoms with E-state index in [-0.39, 0.29) is 30.0 Å². The zero-order chi connectivity index (χ0) is 21.7. The number of para-hydroxylation sites is 1. The molecule has 0 aliphatic carbocycles. The molecule has 2 aromatic rings. The smallest absolute Gasteiger partial charge is 0.222 e. The highest BCUT2D eigenvalue weighted by atomic mass is 19.1. The lowest BCUT2D eigenvalue weighted by atomic mass is 9.81. The molecule has 30 heavy (non-hydrogen) atoms. The van der Waals surface area contributed by atoms with Crippen LogP contribution in [0, 0.1) is 5.82 Å². The Balaban J connectivity index is 1.92. The molecule has 3 atom stereocenters. The number of methoxy groups -OCH3 is 2. The number of ether oxygens (including phenoxy) is 3. The van der Waals surface area contributed by atoms with E-state index in [0.29, 0.717) is 30.8 Å². The second kappa shape index (κ2) is 9.45. The van der Waals surface area contributed by atoms with E-state index in [1.165, 1.54) is 19.2 Å². The average Bonchev–Trinajstić information content (AvgIpc) is 2.72. The summed E-state index contributed by atoms with van der Waals surface area (Å²) >= 11 is 0. The first kappa shape index (κ1) is 22.1. The Kier molecular flexibility index (Phi) is 6.95. The maximum Gasteiger partial charge on any atom is 0.222 e. The summed E-state index contributed by atoms with van der Waals surface area (Å²) in [6.07, 6.45) is 0.352. The summed E-state index contributed by atoms with van der Waals surface area (Å²) in [7, 11) is 3.04. The number of benzene rings is 2. The van der Waals surface area contributed by atoms with Gasteiger partial charge in [0.2, 0.25) is 5.91 Å². The van der Waals surface area contributed by atoms with E-state index >= 15 is 0 Å². The SMILES string of the molecule is COCCC(=O)N[C@@]1(C)C[C@@H](c2ccc(F)cc2)O[C@@H](c2cccc(OC)c2O)C1. The predicted molar refractivity (Wildman–Crippen MR) is 110 cm³/mol. The molecule has 1 fully saturated rings. The van der Waals surface area contributed by atoms with Crippen molar-refractivity contribution in [3.63, 3.8) is 0 Å². The molecule has 6 nitrogen and oxygen atoms in total. The number of halogens is 1. The van der Waals surface area contributed by atoms with Crippen LogP contribution in [0.1, 0.15) is 49.5 Å². The second-order valence-corrected chi connectivity index (χ2v) is 7.82. The van der Waals surface area contributed by atoms with E-state index < -0.39 is 11.6 Å². The number of hydrogen-bond acceptors (Lipinski definition) is 5. The van der Waals surface area contributed by atoms with Gasteiger partial charge in [0.25, 0.3) is 0 Å². The van der Waals surface area contributed by atoms with E-state index in [9.17, 15) is 14.3 Å². The summed E-state index contributed by atoms with van der Waals surface area (Å²) in [5.74, 6) is -0.0800. The summed E-state index contributed by atoms with van der Waals surface area (Å²) in [6.45, 7) is 2.29.